The Balaban J connectivity index is 1.81. The van der Waals surface area contributed by atoms with Crippen LogP contribution in [-0.4, -0.2) is 48.6 Å². The smallest absolute Gasteiger partial charge is 0.323 e. The van der Waals surface area contributed by atoms with Crippen LogP contribution in [0, 0.1) is 0 Å². The van der Waals surface area contributed by atoms with E-state index in [0.29, 0.717) is 29.5 Å². The first kappa shape index (κ1) is 24.3. The van der Waals surface area contributed by atoms with Gasteiger partial charge in [0.1, 0.15) is 24.0 Å². The van der Waals surface area contributed by atoms with E-state index in [4.69, 9.17) is 9.47 Å². The van der Waals surface area contributed by atoms with Crippen molar-refractivity contribution in [2.45, 2.75) is 23.7 Å². The zero-order valence-corrected chi connectivity index (χ0v) is 20.9. The highest BCUT2D eigenvalue weighted by Crippen LogP contribution is 2.66. The van der Waals surface area contributed by atoms with E-state index < -0.39 is 22.8 Å². The molecule has 0 heterocycles. The molecule has 0 fully saturated rings. The fourth-order valence-corrected chi connectivity index (χ4v) is 6.83. The number of carbonyl (C=O) groups excluding carboxylic acids is 2. The number of esters is 2. The van der Waals surface area contributed by atoms with Crippen molar-refractivity contribution >= 4 is 17.5 Å². The summed E-state index contributed by atoms with van der Waals surface area (Å²) in [6, 6.07) is 22.9. The van der Waals surface area contributed by atoms with Crippen LogP contribution < -0.4 is 0 Å². The van der Waals surface area contributed by atoms with Crippen molar-refractivity contribution in [3.63, 3.8) is 0 Å². The average molecular weight is 509 g/mol. The van der Waals surface area contributed by atoms with Gasteiger partial charge < -0.3 is 19.7 Å². The van der Waals surface area contributed by atoms with Crippen LogP contribution in [0.3, 0.4) is 0 Å². The molecule has 0 saturated heterocycles. The van der Waals surface area contributed by atoms with Crippen molar-refractivity contribution in [3.05, 3.63) is 113 Å². The maximum absolute atomic E-state index is 14.7. The van der Waals surface area contributed by atoms with Crippen LogP contribution in [0.4, 0.5) is 0 Å². The second kappa shape index (κ2) is 9.39. The minimum Gasteiger partial charge on any atom is -0.462 e. The molecular formula is C32H28O6. The largest absolute Gasteiger partial charge is 0.462 e. The highest BCUT2D eigenvalue weighted by atomic mass is 16.5. The Bertz CT molecular complexity index is 1450. The Morgan fingerprint density at radius 2 is 1.16 bits per heavy atom. The fraction of sp³-hybridized carbons (Fsp3) is 0.250. The molecule has 0 amide bonds. The van der Waals surface area contributed by atoms with Crippen molar-refractivity contribution < 1.29 is 29.3 Å². The van der Waals surface area contributed by atoms with Crippen molar-refractivity contribution in [2.75, 3.05) is 26.4 Å². The summed E-state index contributed by atoms with van der Waals surface area (Å²) >= 11 is 0. The molecule has 3 aromatic rings. The quantitative estimate of drug-likeness (QED) is 0.468. The molecule has 0 spiro atoms. The lowest BCUT2D eigenvalue weighted by Crippen LogP contribution is -2.60. The third kappa shape index (κ3) is 3.01. The highest BCUT2D eigenvalue weighted by Gasteiger charge is 2.72. The lowest BCUT2D eigenvalue weighted by molar-refractivity contribution is -0.163. The van der Waals surface area contributed by atoms with Crippen molar-refractivity contribution in [2.24, 2.45) is 0 Å². The van der Waals surface area contributed by atoms with Crippen LogP contribution in [-0.2, 0) is 29.9 Å². The predicted molar refractivity (Wildman–Crippen MR) is 142 cm³/mol. The number of allylic oxidation sites excluding steroid dienone is 3. The van der Waals surface area contributed by atoms with Crippen LogP contribution >= 0.6 is 0 Å². The number of benzene rings is 3. The molecule has 6 nitrogen and oxygen atoms in total. The third-order valence-corrected chi connectivity index (χ3v) is 8.02. The van der Waals surface area contributed by atoms with Gasteiger partial charge in [-0.1, -0.05) is 84.9 Å². The number of hydrogen-bond acceptors (Lipinski definition) is 6. The first-order chi connectivity index (χ1) is 18.6. The van der Waals surface area contributed by atoms with Crippen molar-refractivity contribution in [3.8, 4) is 11.1 Å². The molecule has 1 unspecified atom stereocenters. The van der Waals surface area contributed by atoms with E-state index in [1.54, 1.807) is 0 Å². The molecule has 0 radical (unpaired) electrons. The summed E-state index contributed by atoms with van der Waals surface area (Å²) in [5.41, 5.74) is 3.04. The first-order valence-electron chi connectivity index (χ1n) is 12.9. The van der Waals surface area contributed by atoms with E-state index in [1.807, 2.05) is 78.9 Å². The summed E-state index contributed by atoms with van der Waals surface area (Å²) in [6.07, 6.45) is 5.36. The maximum atomic E-state index is 14.7. The van der Waals surface area contributed by atoms with E-state index in [-0.39, 0.29) is 26.4 Å². The molecule has 0 aromatic heterocycles. The number of aliphatic hydroxyl groups excluding tert-OH is 2. The summed E-state index contributed by atoms with van der Waals surface area (Å²) in [7, 11) is 0. The molecule has 3 aromatic carbocycles. The van der Waals surface area contributed by atoms with E-state index in [0.717, 1.165) is 27.8 Å². The molecule has 0 aliphatic heterocycles. The molecule has 192 valence electrons. The van der Waals surface area contributed by atoms with E-state index in [1.165, 1.54) is 0 Å². The topological polar surface area (TPSA) is 93.1 Å². The number of ether oxygens (including phenoxy) is 2. The summed E-state index contributed by atoms with van der Waals surface area (Å²) in [4.78, 5) is 29.4. The Morgan fingerprint density at radius 1 is 0.684 bits per heavy atom. The Kier molecular flexibility index (Phi) is 6.01. The fourth-order valence-electron chi connectivity index (χ4n) is 6.83. The number of fused-ring (bicyclic) bond motifs is 5. The van der Waals surface area contributed by atoms with Crippen LogP contribution in [0.1, 0.15) is 35.1 Å². The lowest BCUT2D eigenvalue weighted by Gasteiger charge is -2.46. The monoisotopic (exact) mass is 508 g/mol. The maximum Gasteiger partial charge on any atom is 0.323 e. The standard InChI is InChI=1S/C32H28O6/c33-17-19-37-29(35)31(25-13-5-1-9-21(25)22-10-2-6-14-26(22)31)32(30(36)38-20-18-34)27-15-7-3-11-23(27)24-12-4-8-16-28(24)32/h1-7,9-15,33-34H,8,16-20H2. The van der Waals surface area contributed by atoms with Gasteiger partial charge in [-0.15, -0.1) is 0 Å². The predicted octanol–water partition coefficient (Wildman–Crippen LogP) is 4.08. The first-order valence-corrected chi connectivity index (χ1v) is 12.9. The Morgan fingerprint density at radius 3 is 1.71 bits per heavy atom. The van der Waals surface area contributed by atoms with Crippen LogP contribution in [0.2, 0.25) is 0 Å². The van der Waals surface area contributed by atoms with Gasteiger partial charge in [0.15, 0.2) is 0 Å². The molecule has 3 aliphatic carbocycles. The lowest BCUT2D eigenvalue weighted by atomic mass is 9.53. The summed E-state index contributed by atoms with van der Waals surface area (Å²) in [5.74, 6) is -1.23. The van der Waals surface area contributed by atoms with Gasteiger partial charge in [-0.2, -0.15) is 0 Å². The molecule has 0 bridgehead atoms. The number of aliphatic hydroxyl groups is 2. The molecule has 1 atom stereocenters. The summed E-state index contributed by atoms with van der Waals surface area (Å²) in [5, 5.41) is 19.2. The molecular weight excluding hydrogens is 480 g/mol. The van der Waals surface area contributed by atoms with Gasteiger partial charge >= 0.3 is 11.9 Å². The zero-order chi connectivity index (χ0) is 26.3. The van der Waals surface area contributed by atoms with Gasteiger partial charge in [-0.25, -0.2) is 0 Å². The second-order valence-corrected chi connectivity index (χ2v) is 9.69. The summed E-state index contributed by atoms with van der Waals surface area (Å²) in [6.45, 7) is -1.10. The summed E-state index contributed by atoms with van der Waals surface area (Å²) < 4.78 is 11.6. The number of rotatable bonds is 7. The third-order valence-electron chi connectivity index (χ3n) is 8.02. The average Bonchev–Trinajstić information content (AvgIpc) is 3.44. The molecule has 6 heteroatoms. The van der Waals surface area contributed by atoms with Gasteiger partial charge in [-0.05, 0) is 57.4 Å². The van der Waals surface area contributed by atoms with Gasteiger partial charge in [-0.3, -0.25) is 9.59 Å². The molecule has 3 aliphatic rings. The van der Waals surface area contributed by atoms with E-state index in [9.17, 15) is 19.8 Å². The van der Waals surface area contributed by atoms with Crippen LogP contribution in [0.15, 0.2) is 90.5 Å². The highest BCUT2D eigenvalue weighted by molar-refractivity contribution is 6.12. The van der Waals surface area contributed by atoms with Crippen molar-refractivity contribution in [1.82, 2.24) is 0 Å². The minimum atomic E-state index is -1.62. The van der Waals surface area contributed by atoms with Gasteiger partial charge in [0.2, 0.25) is 0 Å². The minimum absolute atomic E-state index is 0.202. The SMILES string of the molecule is O=C(OCCO)C1(C2(C(=O)OCCO)c3ccccc3-c3ccccc32)C2=C(C=CCC2)c2ccccc21. The normalized spacial score (nSPS) is 19.8. The molecule has 2 N–H and O–H groups in total. The van der Waals surface area contributed by atoms with Gasteiger partial charge in [0.05, 0.1) is 13.2 Å². The van der Waals surface area contributed by atoms with Crippen molar-refractivity contribution in [1.29, 1.82) is 0 Å². The van der Waals surface area contributed by atoms with Gasteiger partial charge in [0.25, 0.3) is 0 Å². The van der Waals surface area contributed by atoms with E-state index >= 15 is 0 Å². The van der Waals surface area contributed by atoms with Crippen LogP contribution in [0.5, 0.6) is 0 Å². The Hall–Kier alpha value is -4.00. The zero-order valence-electron chi connectivity index (χ0n) is 20.9. The molecule has 38 heavy (non-hydrogen) atoms. The van der Waals surface area contributed by atoms with Crippen LogP contribution in [0.25, 0.3) is 16.7 Å². The molecule has 0 saturated carbocycles. The molecule has 6 rings (SSSR count). The van der Waals surface area contributed by atoms with Gasteiger partial charge in [0, 0.05) is 0 Å². The van der Waals surface area contributed by atoms with E-state index in [2.05, 4.69) is 6.08 Å². The number of hydrogen-bond donors (Lipinski definition) is 2. The Labute approximate surface area is 220 Å². The number of carbonyl (C=O) groups is 2. The second-order valence-electron chi connectivity index (χ2n) is 9.69.